The topological polar surface area (TPSA) is 37.3 Å². The smallest absolute Gasteiger partial charge is 0.159 e. The first-order valence-electron chi connectivity index (χ1n) is 9.20. The van der Waals surface area contributed by atoms with Crippen LogP contribution in [0.15, 0.2) is 23.8 Å². The van der Waals surface area contributed by atoms with Gasteiger partial charge >= 0.3 is 0 Å². The summed E-state index contributed by atoms with van der Waals surface area (Å²) in [7, 11) is 0. The van der Waals surface area contributed by atoms with Crippen LogP contribution in [0, 0.1) is 5.41 Å². The molecule has 2 nitrogen and oxygen atoms in total. The first-order valence-corrected chi connectivity index (χ1v) is 9.20. The van der Waals surface area contributed by atoms with Gasteiger partial charge in [-0.05, 0) is 66.5 Å². The molecule has 0 aliphatic heterocycles. The van der Waals surface area contributed by atoms with Crippen LogP contribution in [0.1, 0.15) is 76.3 Å². The number of carbonyl (C=O) groups excluding carboxylic acids is 1. The van der Waals surface area contributed by atoms with Crippen molar-refractivity contribution < 1.29 is 9.90 Å². The van der Waals surface area contributed by atoms with Crippen molar-refractivity contribution in [2.45, 2.75) is 71.6 Å². The minimum absolute atomic E-state index is 0.142. The minimum Gasteiger partial charge on any atom is -0.508 e. The fourth-order valence-corrected chi connectivity index (χ4v) is 4.52. The molecule has 0 saturated carbocycles. The molecule has 1 aromatic carbocycles. The molecule has 0 spiro atoms. The summed E-state index contributed by atoms with van der Waals surface area (Å²) < 4.78 is 0. The number of phenolic OH excluding ortho intramolecular Hbond substituents is 1. The van der Waals surface area contributed by atoms with E-state index in [0.29, 0.717) is 18.0 Å². The van der Waals surface area contributed by atoms with Crippen molar-refractivity contribution in [1.82, 2.24) is 0 Å². The van der Waals surface area contributed by atoms with Gasteiger partial charge < -0.3 is 5.11 Å². The number of allylic oxidation sites excluding steroid dienone is 2. The molecule has 0 fully saturated rings. The number of hydrogen-bond donors (Lipinski definition) is 1. The van der Waals surface area contributed by atoms with E-state index in [1.807, 2.05) is 12.1 Å². The third-order valence-electron chi connectivity index (χ3n) is 5.68. The normalized spacial score (nSPS) is 23.1. The molecule has 0 aromatic heterocycles. The summed E-state index contributed by atoms with van der Waals surface area (Å²) >= 11 is 0. The van der Waals surface area contributed by atoms with E-state index in [1.54, 1.807) is 6.07 Å². The zero-order chi connectivity index (χ0) is 16.4. The molecular weight excluding hydrogens is 284 g/mol. The van der Waals surface area contributed by atoms with Crippen LogP contribution in [0.3, 0.4) is 0 Å². The highest BCUT2D eigenvalue weighted by Gasteiger charge is 2.46. The standard InChI is InChI=1S/C21H28O2/c1-3-5-7-18-19(23)10-12-21(11-6-4-2)14-15-13-16(22)8-9-17(15)20(18)21/h8-9,13,22H,3-7,10-12,14H2,1-2H3. The summed E-state index contributed by atoms with van der Waals surface area (Å²) in [6, 6.07) is 5.73. The number of hydrogen-bond acceptors (Lipinski definition) is 2. The number of phenols is 1. The van der Waals surface area contributed by atoms with Gasteiger partial charge in [0.15, 0.2) is 5.78 Å². The predicted octanol–water partition coefficient (Wildman–Crippen LogP) is 5.43. The molecule has 124 valence electrons. The largest absolute Gasteiger partial charge is 0.508 e. The van der Waals surface area contributed by atoms with E-state index in [0.717, 1.165) is 44.1 Å². The summed E-state index contributed by atoms with van der Waals surface area (Å²) in [6.45, 7) is 4.42. The first-order chi connectivity index (χ1) is 11.1. The molecule has 0 radical (unpaired) electrons. The van der Waals surface area contributed by atoms with E-state index in [2.05, 4.69) is 13.8 Å². The lowest BCUT2D eigenvalue weighted by atomic mass is 9.66. The predicted molar refractivity (Wildman–Crippen MR) is 94.5 cm³/mol. The third-order valence-corrected chi connectivity index (χ3v) is 5.68. The van der Waals surface area contributed by atoms with Crippen LogP contribution in [0.5, 0.6) is 5.75 Å². The number of fused-ring (bicyclic) bond motifs is 3. The zero-order valence-electron chi connectivity index (χ0n) is 14.5. The maximum atomic E-state index is 12.6. The second kappa shape index (κ2) is 6.51. The Bertz CT molecular complexity index is 641. The summed E-state index contributed by atoms with van der Waals surface area (Å²) in [4.78, 5) is 12.6. The number of rotatable bonds is 6. The molecule has 0 bridgehead atoms. The number of unbranched alkanes of at least 4 members (excludes halogenated alkanes) is 2. The molecule has 0 saturated heterocycles. The summed E-state index contributed by atoms with van der Waals surface area (Å²) in [6.07, 6.45) is 9.35. The number of ketones is 1. The number of benzene rings is 1. The SMILES string of the molecule is CCCCC1=C2c3ccc(O)cc3CC2(CCCC)CCC1=O. The Labute approximate surface area is 139 Å². The maximum absolute atomic E-state index is 12.6. The van der Waals surface area contributed by atoms with E-state index in [1.165, 1.54) is 29.5 Å². The molecule has 2 heteroatoms. The molecule has 1 N–H and O–H groups in total. The fraction of sp³-hybridized carbons (Fsp3) is 0.571. The quantitative estimate of drug-likeness (QED) is 0.760. The Hall–Kier alpha value is -1.57. The summed E-state index contributed by atoms with van der Waals surface area (Å²) in [5, 5.41) is 9.87. The minimum atomic E-state index is 0.142. The lowest BCUT2D eigenvalue weighted by Gasteiger charge is -2.36. The van der Waals surface area contributed by atoms with Gasteiger partial charge in [-0.25, -0.2) is 0 Å². The van der Waals surface area contributed by atoms with Crippen molar-refractivity contribution in [3.05, 3.63) is 34.9 Å². The van der Waals surface area contributed by atoms with Crippen molar-refractivity contribution in [2.75, 3.05) is 0 Å². The van der Waals surface area contributed by atoms with Gasteiger partial charge in [0.25, 0.3) is 0 Å². The number of aromatic hydroxyl groups is 1. The Kier molecular flexibility index (Phi) is 4.61. The average molecular weight is 312 g/mol. The molecule has 1 atom stereocenters. The van der Waals surface area contributed by atoms with E-state index >= 15 is 0 Å². The average Bonchev–Trinajstić information content (AvgIpc) is 2.86. The zero-order valence-corrected chi connectivity index (χ0v) is 14.5. The van der Waals surface area contributed by atoms with Gasteiger partial charge in [-0.15, -0.1) is 0 Å². The molecule has 0 amide bonds. The van der Waals surface area contributed by atoms with E-state index in [-0.39, 0.29) is 5.41 Å². The number of carbonyl (C=O) groups is 1. The van der Waals surface area contributed by atoms with Crippen molar-refractivity contribution >= 4 is 11.4 Å². The first kappa shape index (κ1) is 16.3. The Morgan fingerprint density at radius 2 is 1.96 bits per heavy atom. The molecular formula is C21H28O2. The van der Waals surface area contributed by atoms with Crippen LogP contribution in [0.25, 0.3) is 5.57 Å². The van der Waals surface area contributed by atoms with Gasteiger partial charge in [-0.2, -0.15) is 0 Å². The van der Waals surface area contributed by atoms with Gasteiger partial charge in [-0.1, -0.05) is 39.2 Å². The second-order valence-corrected chi connectivity index (χ2v) is 7.28. The fourth-order valence-electron chi connectivity index (χ4n) is 4.52. The monoisotopic (exact) mass is 312 g/mol. The lowest BCUT2D eigenvalue weighted by molar-refractivity contribution is -0.116. The van der Waals surface area contributed by atoms with Gasteiger partial charge in [0.1, 0.15) is 5.75 Å². The Morgan fingerprint density at radius 1 is 1.17 bits per heavy atom. The Balaban J connectivity index is 2.12. The molecule has 2 aliphatic carbocycles. The van der Waals surface area contributed by atoms with Gasteiger partial charge in [-0.3, -0.25) is 4.79 Å². The van der Waals surface area contributed by atoms with E-state index < -0.39 is 0 Å². The van der Waals surface area contributed by atoms with Crippen LogP contribution in [0.4, 0.5) is 0 Å². The highest BCUT2D eigenvalue weighted by molar-refractivity contribution is 6.06. The summed E-state index contributed by atoms with van der Waals surface area (Å²) in [5.74, 6) is 0.705. The number of Topliss-reactive ketones (excluding diaryl/α,β-unsaturated/α-hetero) is 1. The van der Waals surface area contributed by atoms with Crippen molar-refractivity contribution in [2.24, 2.45) is 5.41 Å². The molecule has 0 heterocycles. The highest BCUT2D eigenvalue weighted by atomic mass is 16.3. The lowest BCUT2D eigenvalue weighted by Crippen LogP contribution is -2.28. The molecule has 1 unspecified atom stereocenters. The summed E-state index contributed by atoms with van der Waals surface area (Å²) in [5.41, 5.74) is 5.05. The van der Waals surface area contributed by atoms with Crippen LogP contribution in [0.2, 0.25) is 0 Å². The van der Waals surface area contributed by atoms with Crippen LogP contribution in [-0.2, 0) is 11.2 Å². The van der Waals surface area contributed by atoms with Gasteiger partial charge in [0, 0.05) is 11.8 Å². The second-order valence-electron chi connectivity index (χ2n) is 7.28. The molecule has 23 heavy (non-hydrogen) atoms. The van der Waals surface area contributed by atoms with Crippen molar-refractivity contribution in [3.8, 4) is 5.75 Å². The highest BCUT2D eigenvalue weighted by Crippen LogP contribution is 2.57. The van der Waals surface area contributed by atoms with Crippen molar-refractivity contribution in [3.63, 3.8) is 0 Å². The van der Waals surface area contributed by atoms with E-state index in [9.17, 15) is 9.90 Å². The van der Waals surface area contributed by atoms with Crippen LogP contribution < -0.4 is 0 Å². The molecule has 3 rings (SSSR count). The molecule has 2 aliphatic rings. The molecule has 1 aromatic rings. The van der Waals surface area contributed by atoms with Gasteiger partial charge in [0.2, 0.25) is 0 Å². The Morgan fingerprint density at radius 3 is 2.70 bits per heavy atom. The van der Waals surface area contributed by atoms with Crippen LogP contribution in [-0.4, -0.2) is 10.9 Å². The van der Waals surface area contributed by atoms with Crippen LogP contribution >= 0.6 is 0 Å². The third kappa shape index (κ3) is 2.84. The van der Waals surface area contributed by atoms with E-state index in [4.69, 9.17) is 0 Å². The maximum Gasteiger partial charge on any atom is 0.159 e. The van der Waals surface area contributed by atoms with Gasteiger partial charge in [0.05, 0.1) is 0 Å². The van der Waals surface area contributed by atoms with Crippen molar-refractivity contribution in [1.29, 1.82) is 0 Å².